The molecule has 0 unspecified atom stereocenters. The summed E-state index contributed by atoms with van der Waals surface area (Å²) < 4.78 is 7.37. The molecule has 2 heterocycles. The van der Waals surface area contributed by atoms with Crippen molar-refractivity contribution < 1.29 is 19.2 Å². The van der Waals surface area contributed by atoms with Gasteiger partial charge in [-0.1, -0.05) is 0 Å². The normalized spacial score (nSPS) is 10.6. The number of nitrogens with one attached hydrogen (secondary N) is 1. The fraction of sp³-hybridized carbons (Fsp3) is 0.167. The monoisotopic (exact) mass is 446 g/mol. The minimum Gasteiger partial charge on any atom is -0.466 e. The fourth-order valence-electron chi connectivity index (χ4n) is 2.59. The number of nitrogens with zero attached hydrogens (tertiary/aromatic N) is 3. The Morgan fingerprint density at radius 1 is 1.25 bits per heavy atom. The topological polar surface area (TPSA) is 116 Å². The second-order valence-electron chi connectivity index (χ2n) is 5.72. The van der Waals surface area contributed by atoms with Gasteiger partial charge in [0.25, 0.3) is 11.6 Å². The van der Waals surface area contributed by atoms with Crippen LogP contribution in [0.15, 0.2) is 47.1 Å². The smallest absolute Gasteiger partial charge is 0.312 e. The van der Waals surface area contributed by atoms with Gasteiger partial charge in [0, 0.05) is 28.4 Å². The van der Waals surface area contributed by atoms with Crippen molar-refractivity contribution in [3.05, 3.63) is 68.4 Å². The molecule has 3 rings (SSSR count). The standard InChI is InChI=1S/C18H15BrN4O5/c1-2-28-16(24)9-14-17(22-10-12(19)5-8-15(22)20-14)21-18(25)11-3-6-13(7-4-11)23(26)27/h3-8,10H,2,9H2,1H3,(H,21,25). The molecule has 0 atom stereocenters. The minimum atomic E-state index is -0.541. The number of amides is 1. The van der Waals surface area contributed by atoms with Crippen LogP contribution in [0.4, 0.5) is 11.5 Å². The molecule has 0 saturated carbocycles. The van der Waals surface area contributed by atoms with E-state index < -0.39 is 16.8 Å². The molecule has 10 heteroatoms. The van der Waals surface area contributed by atoms with Gasteiger partial charge in [0.1, 0.15) is 11.5 Å². The summed E-state index contributed by atoms with van der Waals surface area (Å²) in [7, 11) is 0. The van der Waals surface area contributed by atoms with Gasteiger partial charge in [-0.05, 0) is 47.1 Å². The molecule has 0 fully saturated rings. The molecule has 2 aromatic heterocycles. The van der Waals surface area contributed by atoms with Gasteiger partial charge in [-0.3, -0.25) is 24.1 Å². The van der Waals surface area contributed by atoms with Gasteiger partial charge in [0.05, 0.1) is 23.6 Å². The lowest BCUT2D eigenvalue weighted by atomic mass is 10.2. The maximum absolute atomic E-state index is 12.6. The summed E-state index contributed by atoms with van der Waals surface area (Å²) in [6, 6.07) is 8.74. The molecule has 144 valence electrons. The summed E-state index contributed by atoms with van der Waals surface area (Å²) in [5.41, 5.74) is 1.02. The molecule has 28 heavy (non-hydrogen) atoms. The van der Waals surface area contributed by atoms with Crippen LogP contribution in [0.3, 0.4) is 0 Å². The highest BCUT2D eigenvalue weighted by molar-refractivity contribution is 9.10. The molecule has 9 nitrogen and oxygen atoms in total. The quantitative estimate of drug-likeness (QED) is 0.352. The first-order valence-corrected chi connectivity index (χ1v) is 9.06. The number of benzene rings is 1. The van der Waals surface area contributed by atoms with Crippen molar-refractivity contribution in [2.75, 3.05) is 11.9 Å². The molecule has 1 N–H and O–H groups in total. The van der Waals surface area contributed by atoms with Crippen LogP contribution < -0.4 is 5.32 Å². The lowest BCUT2D eigenvalue weighted by Gasteiger charge is -2.08. The van der Waals surface area contributed by atoms with Crippen LogP contribution in [0.1, 0.15) is 23.0 Å². The average molecular weight is 447 g/mol. The summed E-state index contributed by atoms with van der Waals surface area (Å²) >= 11 is 3.37. The zero-order valence-corrected chi connectivity index (χ0v) is 16.3. The first kappa shape index (κ1) is 19.5. The number of anilines is 1. The molecule has 0 aliphatic rings. The maximum Gasteiger partial charge on any atom is 0.312 e. The lowest BCUT2D eigenvalue weighted by Crippen LogP contribution is -2.16. The van der Waals surface area contributed by atoms with E-state index in [-0.39, 0.29) is 24.3 Å². The van der Waals surface area contributed by atoms with Crippen LogP contribution in [0.25, 0.3) is 5.65 Å². The molecule has 0 spiro atoms. The van der Waals surface area contributed by atoms with Crippen LogP contribution in [0, 0.1) is 10.1 Å². The van der Waals surface area contributed by atoms with E-state index in [2.05, 4.69) is 26.2 Å². The molecule has 0 radical (unpaired) electrons. The van der Waals surface area contributed by atoms with E-state index in [1.165, 1.54) is 24.3 Å². The molecule has 0 bridgehead atoms. The number of esters is 1. The van der Waals surface area contributed by atoms with Gasteiger partial charge < -0.3 is 10.1 Å². The van der Waals surface area contributed by atoms with E-state index in [1.54, 1.807) is 29.7 Å². The van der Waals surface area contributed by atoms with Crippen molar-refractivity contribution in [2.45, 2.75) is 13.3 Å². The fourth-order valence-corrected chi connectivity index (χ4v) is 2.92. The lowest BCUT2D eigenvalue weighted by molar-refractivity contribution is -0.384. The molecule has 0 aliphatic carbocycles. The number of hydrogen-bond donors (Lipinski definition) is 1. The second-order valence-corrected chi connectivity index (χ2v) is 6.64. The Morgan fingerprint density at radius 2 is 1.96 bits per heavy atom. The first-order valence-electron chi connectivity index (χ1n) is 8.27. The number of imidazole rings is 1. The van der Waals surface area contributed by atoms with Gasteiger partial charge in [-0.2, -0.15) is 0 Å². The third-order valence-electron chi connectivity index (χ3n) is 3.84. The highest BCUT2D eigenvalue weighted by Crippen LogP contribution is 2.23. The number of ether oxygens (including phenoxy) is 1. The van der Waals surface area contributed by atoms with E-state index in [4.69, 9.17) is 4.74 Å². The van der Waals surface area contributed by atoms with Gasteiger partial charge in [-0.15, -0.1) is 0 Å². The number of pyridine rings is 1. The van der Waals surface area contributed by atoms with Crippen LogP contribution in [-0.4, -0.2) is 32.8 Å². The molecular formula is C18H15BrN4O5. The molecule has 3 aromatic rings. The van der Waals surface area contributed by atoms with Crippen molar-refractivity contribution in [1.29, 1.82) is 0 Å². The summed E-state index contributed by atoms with van der Waals surface area (Å²) in [6.07, 6.45) is 1.60. The van der Waals surface area contributed by atoms with Crippen molar-refractivity contribution in [2.24, 2.45) is 0 Å². The summed E-state index contributed by atoms with van der Waals surface area (Å²) in [6.45, 7) is 1.94. The summed E-state index contributed by atoms with van der Waals surface area (Å²) in [5, 5.41) is 13.5. The summed E-state index contributed by atoms with van der Waals surface area (Å²) in [4.78, 5) is 39.2. The van der Waals surface area contributed by atoms with Crippen LogP contribution >= 0.6 is 15.9 Å². The number of aromatic nitrogens is 2. The molecule has 0 aliphatic heterocycles. The van der Waals surface area contributed by atoms with Gasteiger partial charge in [0.2, 0.25) is 0 Å². The van der Waals surface area contributed by atoms with Gasteiger partial charge in [-0.25, -0.2) is 4.98 Å². The number of non-ortho nitro benzene ring substituents is 1. The van der Waals surface area contributed by atoms with E-state index in [0.29, 0.717) is 17.2 Å². The number of halogens is 1. The number of nitro groups is 1. The predicted molar refractivity (Wildman–Crippen MR) is 104 cm³/mol. The van der Waals surface area contributed by atoms with Crippen molar-refractivity contribution in [1.82, 2.24) is 9.38 Å². The van der Waals surface area contributed by atoms with Crippen molar-refractivity contribution in [3.63, 3.8) is 0 Å². The van der Waals surface area contributed by atoms with Crippen molar-refractivity contribution in [3.8, 4) is 0 Å². The predicted octanol–water partition coefficient (Wildman–Crippen LogP) is 3.36. The molecule has 1 amide bonds. The maximum atomic E-state index is 12.6. The Balaban J connectivity index is 1.95. The van der Waals surface area contributed by atoms with E-state index in [0.717, 1.165) is 4.47 Å². The molecular weight excluding hydrogens is 432 g/mol. The molecule has 0 saturated heterocycles. The first-order chi connectivity index (χ1) is 13.4. The Hall–Kier alpha value is -3.27. The number of carbonyl (C=O) groups is 2. The van der Waals surface area contributed by atoms with E-state index in [9.17, 15) is 19.7 Å². The van der Waals surface area contributed by atoms with Crippen LogP contribution in [-0.2, 0) is 16.0 Å². The van der Waals surface area contributed by atoms with E-state index >= 15 is 0 Å². The number of nitro benzene ring substituents is 1. The van der Waals surface area contributed by atoms with Crippen molar-refractivity contribution >= 4 is 45.0 Å². The Labute approximate surface area is 167 Å². The second kappa shape index (κ2) is 8.17. The Kier molecular flexibility index (Phi) is 5.69. The van der Waals surface area contributed by atoms with Gasteiger partial charge in [0.15, 0.2) is 0 Å². The van der Waals surface area contributed by atoms with Gasteiger partial charge >= 0.3 is 5.97 Å². The Morgan fingerprint density at radius 3 is 2.61 bits per heavy atom. The zero-order chi connectivity index (χ0) is 20.3. The largest absolute Gasteiger partial charge is 0.466 e. The SMILES string of the molecule is CCOC(=O)Cc1nc2ccc(Br)cn2c1NC(=O)c1ccc([N+](=O)[O-])cc1. The number of hydrogen-bond acceptors (Lipinski definition) is 6. The Bertz CT molecular complexity index is 1060. The third-order valence-corrected chi connectivity index (χ3v) is 4.31. The van der Waals surface area contributed by atoms with Crippen LogP contribution in [0.2, 0.25) is 0 Å². The number of carbonyl (C=O) groups excluding carboxylic acids is 2. The van der Waals surface area contributed by atoms with E-state index in [1.807, 2.05) is 0 Å². The zero-order valence-electron chi connectivity index (χ0n) is 14.7. The molecule has 1 aromatic carbocycles. The highest BCUT2D eigenvalue weighted by Gasteiger charge is 2.19. The third kappa shape index (κ3) is 4.17. The highest BCUT2D eigenvalue weighted by atomic mass is 79.9. The number of rotatable bonds is 6. The average Bonchev–Trinajstić information content (AvgIpc) is 2.98. The summed E-state index contributed by atoms with van der Waals surface area (Å²) in [5.74, 6) is -0.620. The number of fused-ring (bicyclic) bond motifs is 1. The minimum absolute atomic E-state index is 0.108. The van der Waals surface area contributed by atoms with Crippen LogP contribution in [0.5, 0.6) is 0 Å².